The number of ether oxygens (including phenoxy) is 2. The number of primary amides is 1. The van der Waals surface area contributed by atoms with Crippen molar-refractivity contribution in [2.75, 3.05) is 18.6 Å². The van der Waals surface area contributed by atoms with Gasteiger partial charge in [0.25, 0.3) is 11.8 Å². The van der Waals surface area contributed by atoms with Crippen molar-refractivity contribution in [1.82, 2.24) is 9.78 Å². The van der Waals surface area contributed by atoms with E-state index in [2.05, 4.69) is 9.84 Å². The normalized spacial score (nSPS) is 15.3. The van der Waals surface area contributed by atoms with Crippen LogP contribution in [-0.4, -0.2) is 47.5 Å². The summed E-state index contributed by atoms with van der Waals surface area (Å²) in [7, 11) is 1.43. The Morgan fingerprint density at radius 1 is 1.24 bits per heavy atom. The van der Waals surface area contributed by atoms with E-state index in [1.54, 1.807) is 43.3 Å². The lowest BCUT2D eigenvalue weighted by Crippen LogP contribution is -2.47. The highest BCUT2D eigenvalue weighted by atomic mass is 19.4. The van der Waals surface area contributed by atoms with Gasteiger partial charge < -0.3 is 20.1 Å². The zero-order chi connectivity index (χ0) is 26.9. The molecule has 0 unspecified atom stereocenters. The quantitative estimate of drug-likeness (QED) is 0.514. The van der Waals surface area contributed by atoms with Gasteiger partial charge in [0, 0.05) is 11.3 Å². The van der Waals surface area contributed by atoms with Gasteiger partial charge in [0.2, 0.25) is 0 Å². The Hall–Kier alpha value is -4.37. The number of carbonyl (C=O) groups is 2. The number of alkyl halides is 3. The second-order valence-electron chi connectivity index (χ2n) is 8.44. The highest BCUT2D eigenvalue weighted by Crippen LogP contribution is 2.34. The van der Waals surface area contributed by atoms with Crippen LogP contribution in [0.3, 0.4) is 0 Å². The fourth-order valence-corrected chi connectivity index (χ4v) is 4.24. The van der Waals surface area contributed by atoms with Crippen molar-refractivity contribution in [2.45, 2.75) is 32.3 Å². The molecule has 192 valence electrons. The van der Waals surface area contributed by atoms with Crippen LogP contribution in [0.2, 0.25) is 0 Å². The molecule has 9 nitrogen and oxygen atoms in total. The Labute approximate surface area is 209 Å². The van der Waals surface area contributed by atoms with Gasteiger partial charge in [-0.2, -0.15) is 23.5 Å². The molecular weight excluding hydrogens is 491 g/mol. The van der Waals surface area contributed by atoms with Crippen LogP contribution in [-0.2, 0) is 17.9 Å². The molecule has 37 heavy (non-hydrogen) atoms. The lowest BCUT2D eigenvalue weighted by Gasteiger charge is -2.34. The predicted octanol–water partition coefficient (Wildman–Crippen LogP) is 3.66. The van der Waals surface area contributed by atoms with Crippen molar-refractivity contribution >= 4 is 17.5 Å². The number of nitrogens with two attached hydrogens (primary N) is 1. The number of nitriles is 1. The molecule has 0 radical (unpaired) electrons. The second kappa shape index (κ2) is 9.94. The number of amides is 2. The van der Waals surface area contributed by atoms with Crippen LogP contribution in [0, 0.1) is 11.3 Å². The van der Waals surface area contributed by atoms with E-state index < -0.39 is 24.6 Å². The Morgan fingerprint density at radius 2 is 1.95 bits per heavy atom. The zero-order valence-electron chi connectivity index (χ0n) is 19.9. The third-order valence-corrected chi connectivity index (χ3v) is 5.84. The first-order valence-corrected chi connectivity index (χ1v) is 11.1. The van der Waals surface area contributed by atoms with Crippen LogP contribution in [0.1, 0.15) is 38.9 Å². The number of hydrogen-bond acceptors (Lipinski definition) is 6. The van der Waals surface area contributed by atoms with Crippen molar-refractivity contribution < 1.29 is 32.2 Å². The van der Waals surface area contributed by atoms with E-state index in [1.807, 2.05) is 6.07 Å². The molecule has 1 atom stereocenters. The molecule has 0 fully saturated rings. The van der Waals surface area contributed by atoms with Gasteiger partial charge in [0.1, 0.15) is 29.8 Å². The summed E-state index contributed by atoms with van der Waals surface area (Å²) < 4.78 is 48.2. The standard InChI is InChI=1S/C25H22F3N5O4/c1-14-11-32-22(20(23(30)34)21(31-32)16-5-8-19(36-2)17(9-16)10-29)24(35)33(14)18-6-3-15(4-7-18)12-37-13-25(26,27)28/h3-9,14H,11-13H2,1-2H3,(H2,30,34)/t14-/m0/s1. The SMILES string of the molecule is COc1ccc(-c2nn3c(c2C(N)=O)C(=O)N(c2ccc(COCC(F)(F)F)cc2)[C@@H](C)C3)cc1C#N. The number of anilines is 1. The van der Waals surface area contributed by atoms with Crippen molar-refractivity contribution in [2.24, 2.45) is 5.73 Å². The van der Waals surface area contributed by atoms with Crippen LogP contribution in [0.25, 0.3) is 11.3 Å². The van der Waals surface area contributed by atoms with Gasteiger partial charge in [0.05, 0.1) is 37.4 Å². The number of nitrogens with zero attached hydrogens (tertiary/aromatic N) is 4. The van der Waals surface area contributed by atoms with Crippen LogP contribution in [0.4, 0.5) is 18.9 Å². The summed E-state index contributed by atoms with van der Waals surface area (Å²) in [6.07, 6.45) is -4.42. The lowest BCUT2D eigenvalue weighted by molar-refractivity contribution is -0.176. The van der Waals surface area contributed by atoms with E-state index in [0.29, 0.717) is 22.6 Å². The summed E-state index contributed by atoms with van der Waals surface area (Å²) in [6, 6.07) is 12.7. The number of halogens is 3. The fraction of sp³-hybridized carbons (Fsp3) is 0.280. The molecule has 3 aromatic rings. The van der Waals surface area contributed by atoms with Gasteiger partial charge in [-0.3, -0.25) is 14.3 Å². The molecule has 2 heterocycles. The van der Waals surface area contributed by atoms with E-state index in [0.717, 1.165) is 0 Å². The minimum Gasteiger partial charge on any atom is -0.495 e. The molecular formula is C25H22F3N5O4. The summed E-state index contributed by atoms with van der Waals surface area (Å²) in [5.41, 5.74) is 7.41. The number of aromatic nitrogens is 2. The molecule has 1 aliphatic rings. The topological polar surface area (TPSA) is 123 Å². The summed E-state index contributed by atoms with van der Waals surface area (Å²) in [4.78, 5) is 27.6. The number of benzene rings is 2. The first kappa shape index (κ1) is 25.7. The molecule has 0 bridgehead atoms. The summed E-state index contributed by atoms with van der Waals surface area (Å²) >= 11 is 0. The van der Waals surface area contributed by atoms with Crippen molar-refractivity contribution in [3.05, 3.63) is 64.8 Å². The van der Waals surface area contributed by atoms with Crippen LogP contribution < -0.4 is 15.4 Å². The van der Waals surface area contributed by atoms with Gasteiger partial charge in [-0.05, 0) is 42.8 Å². The van der Waals surface area contributed by atoms with Gasteiger partial charge in [0.15, 0.2) is 0 Å². The second-order valence-corrected chi connectivity index (χ2v) is 8.44. The Balaban J connectivity index is 1.68. The average Bonchev–Trinajstić information content (AvgIpc) is 3.23. The first-order chi connectivity index (χ1) is 17.5. The van der Waals surface area contributed by atoms with Crippen molar-refractivity contribution in [3.63, 3.8) is 0 Å². The third kappa shape index (κ3) is 5.12. The number of carbonyl (C=O) groups excluding carboxylic acids is 2. The van der Waals surface area contributed by atoms with Crippen LogP contribution >= 0.6 is 0 Å². The number of rotatable bonds is 7. The number of methoxy groups -OCH3 is 1. The number of hydrogen-bond donors (Lipinski definition) is 1. The maximum Gasteiger partial charge on any atom is 0.411 e. The summed E-state index contributed by atoms with van der Waals surface area (Å²) in [6.45, 7) is 0.452. The van der Waals surface area contributed by atoms with Crippen molar-refractivity contribution in [1.29, 1.82) is 5.26 Å². The van der Waals surface area contributed by atoms with Crippen molar-refractivity contribution in [3.8, 4) is 23.1 Å². The minimum absolute atomic E-state index is 0.00696. The molecule has 2 aromatic carbocycles. The van der Waals surface area contributed by atoms with Gasteiger partial charge in [-0.15, -0.1) is 0 Å². The fourth-order valence-electron chi connectivity index (χ4n) is 4.24. The Bertz CT molecular complexity index is 1390. The maximum absolute atomic E-state index is 13.6. The minimum atomic E-state index is -4.42. The first-order valence-electron chi connectivity index (χ1n) is 11.1. The molecule has 0 saturated carbocycles. The van der Waals surface area contributed by atoms with E-state index in [4.69, 9.17) is 10.5 Å². The summed E-state index contributed by atoms with van der Waals surface area (Å²) in [5.74, 6) is -1.02. The lowest BCUT2D eigenvalue weighted by atomic mass is 10.0. The third-order valence-electron chi connectivity index (χ3n) is 5.84. The average molecular weight is 513 g/mol. The van der Waals surface area contributed by atoms with Gasteiger partial charge >= 0.3 is 6.18 Å². The van der Waals surface area contributed by atoms with E-state index >= 15 is 0 Å². The van der Waals surface area contributed by atoms with Crippen LogP contribution in [0.5, 0.6) is 5.75 Å². The maximum atomic E-state index is 13.6. The van der Waals surface area contributed by atoms with Gasteiger partial charge in [-0.1, -0.05) is 12.1 Å². The summed E-state index contributed by atoms with van der Waals surface area (Å²) in [5, 5.41) is 13.9. The Morgan fingerprint density at radius 3 is 2.54 bits per heavy atom. The highest BCUT2D eigenvalue weighted by Gasteiger charge is 2.38. The molecule has 0 spiro atoms. The monoisotopic (exact) mass is 513 g/mol. The van der Waals surface area contributed by atoms with E-state index in [-0.39, 0.29) is 41.7 Å². The molecule has 2 N–H and O–H groups in total. The molecule has 1 aliphatic heterocycles. The molecule has 2 amide bonds. The molecule has 0 aliphatic carbocycles. The molecule has 0 saturated heterocycles. The van der Waals surface area contributed by atoms with Gasteiger partial charge in [-0.25, -0.2) is 0 Å². The molecule has 4 rings (SSSR count). The largest absolute Gasteiger partial charge is 0.495 e. The zero-order valence-corrected chi connectivity index (χ0v) is 19.9. The predicted molar refractivity (Wildman–Crippen MR) is 126 cm³/mol. The van der Waals surface area contributed by atoms with E-state index in [9.17, 15) is 28.0 Å². The van der Waals surface area contributed by atoms with Crippen LogP contribution in [0.15, 0.2) is 42.5 Å². The van der Waals surface area contributed by atoms with E-state index in [1.165, 1.54) is 22.8 Å². The molecule has 1 aromatic heterocycles. The number of fused-ring (bicyclic) bond motifs is 1. The molecule has 12 heteroatoms. The highest BCUT2D eigenvalue weighted by molar-refractivity contribution is 6.15. The smallest absolute Gasteiger partial charge is 0.411 e. The Kier molecular flexibility index (Phi) is 6.91.